The summed E-state index contributed by atoms with van der Waals surface area (Å²) < 4.78 is 11.2. The van der Waals surface area contributed by atoms with Crippen molar-refractivity contribution in [1.82, 2.24) is 5.43 Å². The number of anilines is 1. The second-order valence-corrected chi connectivity index (χ2v) is 6.42. The van der Waals surface area contributed by atoms with Crippen LogP contribution in [0.4, 0.5) is 5.69 Å². The Morgan fingerprint density at radius 3 is 2.44 bits per heavy atom. The van der Waals surface area contributed by atoms with Crippen molar-refractivity contribution in [3.05, 3.63) is 52.0 Å². The number of hydrogen-bond acceptors (Lipinski definition) is 5. The van der Waals surface area contributed by atoms with Crippen molar-refractivity contribution in [3.63, 3.8) is 0 Å². The molecule has 142 valence electrons. The maximum absolute atomic E-state index is 12.0. The zero-order valence-electron chi connectivity index (χ0n) is 15.2. The lowest BCUT2D eigenvalue weighted by molar-refractivity contribution is -0.126. The topological polar surface area (TPSA) is 89.0 Å². The van der Waals surface area contributed by atoms with Crippen LogP contribution in [0.5, 0.6) is 11.5 Å². The maximum atomic E-state index is 12.0. The molecule has 2 rings (SSSR count). The second kappa shape index (κ2) is 9.72. The number of para-hydroxylation sites is 1. The van der Waals surface area contributed by atoms with Gasteiger partial charge in [0.2, 0.25) is 11.8 Å². The number of ether oxygens (including phenoxy) is 2. The fourth-order valence-electron chi connectivity index (χ4n) is 2.24. The molecule has 0 aliphatic rings. The van der Waals surface area contributed by atoms with Gasteiger partial charge in [0.05, 0.1) is 20.4 Å². The molecule has 0 saturated carbocycles. The highest BCUT2D eigenvalue weighted by Gasteiger charge is 2.11. The predicted octanol–water partition coefficient (Wildman–Crippen LogP) is 3.25. The van der Waals surface area contributed by atoms with Crippen molar-refractivity contribution in [2.75, 3.05) is 19.5 Å². The summed E-state index contributed by atoms with van der Waals surface area (Å²) >= 11 is 3.40. The molecule has 0 fully saturated rings. The van der Waals surface area contributed by atoms with Gasteiger partial charge in [-0.1, -0.05) is 18.2 Å². The molecular weight excluding hydrogens is 414 g/mol. The third kappa shape index (κ3) is 5.82. The van der Waals surface area contributed by atoms with Gasteiger partial charge in [-0.25, -0.2) is 5.43 Å². The molecule has 2 aromatic rings. The van der Waals surface area contributed by atoms with Gasteiger partial charge in [0.25, 0.3) is 0 Å². The summed E-state index contributed by atoms with van der Waals surface area (Å²) in [5, 5.41) is 6.58. The lowest BCUT2D eigenvalue weighted by atomic mass is 10.2. The first-order valence-corrected chi connectivity index (χ1v) is 8.82. The molecule has 0 heterocycles. The Bertz CT molecular complexity index is 868. The van der Waals surface area contributed by atoms with Gasteiger partial charge >= 0.3 is 0 Å². The first kappa shape index (κ1) is 20.4. The van der Waals surface area contributed by atoms with E-state index < -0.39 is 11.8 Å². The van der Waals surface area contributed by atoms with Crippen LogP contribution in [0.15, 0.2) is 46.0 Å². The summed E-state index contributed by atoms with van der Waals surface area (Å²) in [4.78, 5) is 23.8. The largest absolute Gasteiger partial charge is 0.493 e. The Labute approximate surface area is 165 Å². The summed E-state index contributed by atoms with van der Waals surface area (Å²) in [7, 11) is 3.07. The Morgan fingerprint density at radius 1 is 1.11 bits per heavy atom. The molecule has 2 N–H and O–H groups in total. The summed E-state index contributed by atoms with van der Waals surface area (Å²) in [5.74, 6) is 0.169. The Morgan fingerprint density at radius 2 is 1.78 bits per heavy atom. The van der Waals surface area contributed by atoms with Crippen LogP contribution in [0.1, 0.15) is 17.5 Å². The molecule has 0 aliphatic heterocycles. The van der Waals surface area contributed by atoms with E-state index >= 15 is 0 Å². The van der Waals surface area contributed by atoms with E-state index in [1.165, 1.54) is 13.3 Å². The Hall–Kier alpha value is -2.87. The molecule has 0 aliphatic carbocycles. The number of hydrogen-bond donors (Lipinski definition) is 2. The lowest BCUT2D eigenvalue weighted by Crippen LogP contribution is -2.24. The van der Waals surface area contributed by atoms with E-state index in [1.807, 2.05) is 25.1 Å². The highest BCUT2D eigenvalue weighted by molar-refractivity contribution is 9.10. The van der Waals surface area contributed by atoms with Crippen LogP contribution in [-0.4, -0.2) is 32.2 Å². The molecule has 0 aromatic heterocycles. The smallest absolute Gasteiger partial charge is 0.249 e. The summed E-state index contributed by atoms with van der Waals surface area (Å²) in [6.45, 7) is 1.88. The number of benzene rings is 2. The van der Waals surface area contributed by atoms with Crippen LogP contribution in [0.3, 0.4) is 0 Å². The first-order chi connectivity index (χ1) is 12.9. The monoisotopic (exact) mass is 433 g/mol. The number of aryl methyl sites for hydroxylation is 1. The molecule has 7 nitrogen and oxygen atoms in total. The number of carbonyl (C=O) groups is 2. The van der Waals surface area contributed by atoms with Gasteiger partial charge in [0.1, 0.15) is 6.42 Å². The molecule has 0 spiro atoms. The number of rotatable bonds is 7. The van der Waals surface area contributed by atoms with Crippen LogP contribution in [-0.2, 0) is 9.59 Å². The fourth-order valence-corrected chi connectivity index (χ4v) is 2.66. The van der Waals surface area contributed by atoms with E-state index in [2.05, 4.69) is 31.8 Å². The number of carbonyl (C=O) groups excluding carboxylic acids is 2. The van der Waals surface area contributed by atoms with Crippen LogP contribution in [0, 0.1) is 6.92 Å². The van der Waals surface area contributed by atoms with Crippen molar-refractivity contribution in [1.29, 1.82) is 0 Å². The van der Waals surface area contributed by atoms with Gasteiger partial charge in [-0.15, -0.1) is 0 Å². The van der Waals surface area contributed by atoms with Gasteiger partial charge in [0, 0.05) is 15.7 Å². The number of halogens is 1. The zero-order chi connectivity index (χ0) is 19.8. The SMILES string of the molecule is COc1cc(Br)c(C=NNC(=O)CC(=O)Nc2ccccc2C)cc1OC. The minimum absolute atomic E-state index is 0.335. The first-order valence-electron chi connectivity index (χ1n) is 8.03. The number of nitrogens with zero attached hydrogens (tertiary/aromatic N) is 1. The van der Waals surface area contributed by atoms with E-state index in [0.717, 1.165) is 10.0 Å². The minimum Gasteiger partial charge on any atom is -0.493 e. The van der Waals surface area contributed by atoms with Crippen molar-refractivity contribution in [2.24, 2.45) is 5.10 Å². The summed E-state index contributed by atoms with van der Waals surface area (Å²) in [5.41, 5.74) is 4.60. The highest BCUT2D eigenvalue weighted by Crippen LogP contribution is 2.32. The van der Waals surface area contributed by atoms with Gasteiger partial charge in [-0.3, -0.25) is 9.59 Å². The number of amides is 2. The third-order valence-electron chi connectivity index (χ3n) is 3.64. The summed E-state index contributed by atoms with van der Waals surface area (Å²) in [6.07, 6.45) is 1.11. The molecule has 8 heteroatoms. The Kier molecular flexibility index (Phi) is 7.36. The van der Waals surface area contributed by atoms with Gasteiger partial charge in [0.15, 0.2) is 11.5 Å². The number of nitrogens with one attached hydrogen (secondary N) is 2. The summed E-state index contributed by atoms with van der Waals surface area (Å²) in [6, 6.07) is 10.8. The third-order valence-corrected chi connectivity index (χ3v) is 4.32. The fraction of sp³-hybridized carbons (Fsp3) is 0.211. The number of hydrazone groups is 1. The minimum atomic E-state index is -0.520. The second-order valence-electron chi connectivity index (χ2n) is 5.56. The van der Waals surface area contributed by atoms with Gasteiger partial charge < -0.3 is 14.8 Å². The quantitative estimate of drug-likeness (QED) is 0.398. The molecule has 2 aromatic carbocycles. The van der Waals surface area contributed by atoms with Crippen LogP contribution < -0.4 is 20.2 Å². The molecule has 0 atom stereocenters. The highest BCUT2D eigenvalue weighted by atomic mass is 79.9. The molecule has 27 heavy (non-hydrogen) atoms. The predicted molar refractivity (Wildman–Crippen MR) is 107 cm³/mol. The Balaban J connectivity index is 1.93. The van der Waals surface area contributed by atoms with Crippen LogP contribution >= 0.6 is 15.9 Å². The lowest BCUT2D eigenvalue weighted by Gasteiger charge is -2.09. The van der Waals surface area contributed by atoms with Gasteiger partial charge in [-0.2, -0.15) is 5.10 Å². The van der Waals surface area contributed by atoms with Crippen molar-refractivity contribution in [2.45, 2.75) is 13.3 Å². The van der Waals surface area contributed by atoms with E-state index in [1.54, 1.807) is 25.3 Å². The average Bonchev–Trinajstić information content (AvgIpc) is 2.64. The van der Waals surface area contributed by atoms with Crippen molar-refractivity contribution >= 4 is 39.6 Å². The molecule has 0 unspecified atom stereocenters. The van der Waals surface area contributed by atoms with Gasteiger partial charge in [-0.05, 0) is 46.6 Å². The molecule has 0 radical (unpaired) electrons. The molecule has 0 saturated heterocycles. The zero-order valence-corrected chi connectivity index (χ0v) is 16.8. The molecule has 2 amide bonds. The number of methoxy groups -OCH3 is 2. The van der Waals surface area contributed by atoms with E-state index in [-0.39, 0.29) is 6.42 Å². The maximum Gasteiger partial charge on any atom is 0.249 e. The van der Waals surface area contributed by atoms with Crippen LogP contribution in [0.25, 0.3) is 0 Å². The van der Waals surface area contributed by atoms with Crippen molar-refractivity contribution < 1.29 is 19.1 Å². The molecule has 0 bridgehead atoms. The van der Waals surface area contributed by atoms with E-state index in [9.17, 15) is 9.59 Å². The van der Waals surface area contributed by atoms with E-state index in [4.69, 9.17) is 9.47 Å². The molecular formula is C19H20BrN3O4. The normalized spacial score (nSPS) is 10.5. The van der Waals surface area contributed by atoms with Crippen molar-refractivity contribution in [3.8, 4) is 11.5 Å². The standard InChI is InChI=1S/C19H20BrN3O4/c1-12-6-4-5-7-15(12)22-18(24)10-19(25)23-21-11-13-8-16(26-2)17(27-3)9-14(13)20/h4-9,11H,10H2,1-3H3,(H,22,24)(H,23,25). The van der Waals surface area contributed by atoms with Crippen LogP contribution in [0.2, 0.25) is 0 Å². The average molecular weight is 434 g/mol. The van der Waals surface area contributed by atoms with E-state index in [0.29, 0.717) is 22.7 Å².